The van der Waals surface area contributed by atoms with Gasteiger partial charge in [-0.1, -0.05) is 13.8 Å². The number of hydrogen-bond acceptors (Lipinski definition) is 4. The van der Waals surface area contributed by atoms with E-state index in [2.05, 4.69) is 23.7 Å². The molecule has 0 aliphatic carbocycles. The number of ether oxygens (including phenoxy) is 1. The summed E-state index contributed by atoms with van der Waals surface area (Å²) in [5.74, 6) is -0.0394. The molecule has 32 heavy (non-hydrogen) atoms. The van der Waals surface area contributed by atoms with E-state index in [4.69, 9.17) is 4.74 Å². The first kappa shape index (κ1) is 23.3. The van der Waals surface area contributed by atoms with Crippen LogP contribution in [-0.4, -0.2) is 47.6 Å². The highest BCUT2D eigenvalue weighted by Crippen LogP contribution is 2.20. The first-order valence-corrected chi connectivity index (χ1v) is 10.9. The molecule has 7 nitrogen and oxygen atoms in total. The summed E-state index contributed by atoms with van der Waals surface area (Å²) in [6, 6.07) is 10.7. The summed E-state index contributed by atoms with van der Waals surface area (Å²) in [4.78, 5) is 27.0. The van der Waals surface area contributed by atoms with Gasteiger partial charge in [0.1, 0.15) is 11.6 Å². The molecule has 1 fully saturated rings. The van der Waals surface area contributed by atoms with Gasteiger partial charge in [0.2, 0.25) is 0 Å². The zero-order valence-electron chi connectivity index (χ0n) is 19.1. The Kier molecular flexibility index (Phi) is 7.49. The minimum absolute atomic E-state index is 0.0308. The molecule has 1 aromatic carbocycles. The first-order valence-electron chi connectivity index (χ1n) is 10.9. The molecule has 3 rings (SSSR count). The molecule has 1 N–H and O–H groups in total. The Labute approximate surface area is 189 Å². The van der Waals surface area contributed by atoms with Gasteiger partial charge in [-0.15, -0.1) is 0 Å². The van der Waals surface area contributed by atoms with Gasteiger partial charge < -0.3 is 19.5 Å². The van der Waals surface area contributed by atoms with Crippen molar-refractivity contribution in [3.05, 3.63) is 58.4 Å². The Balaban J connectivity index is 1.71. The van der Waals surface area contributed by atoms with Gasteiger partial charge in [0.15, 0.2) is 0 Å². The highest BCUT2D eigenvalue weighted by atomic mass is 16.5. The maximum Gasteiger partial charge on any atom is 0.266 e. The summed E-state index contributed by atoms with van der Waals surface area (Å²) in [7, 11) is 0. The fourth-order valence-electron chi connectivity index (χ4n) is 3.77. The van der Waals surface area contributed by atoms with E-state index in [1.54, 1.807) is 35.2 Å². The number of rotatable bonds is 6. The zero-order chi connectivity index (χ0) is 23.3. The highest BCUT2D eigenvalue weighted by molar-refractivity contribution is 6.10. The van der Waals surface area contributed by atoms with Crippen LogP contribution in [-0.2, 0) is 16.1 Å². The molecule has 0 spiro atoms. The molecule has 1 aliphatic rings. The van der Waals surface area contributed by atoms with Gasteiger partial charge in [-0.2, -0.15) is 5.26 Å². The number of carbonyl (C=O) groups excluding carboxylic acids is 2. The van der Waals surface area contributed by atoms with Crippen molar-refractivity contribution < 1.29 is 14.3 Å². The summed E-state index contributed by atoms with van der Waals surface area (Å²) >= 11 is 0. The monoisotopic (exact) mass is 434 g/mol. The molecule has 7 heteroatoms. The van der Waals surface area contributed by atoms with E-state index in [0.717, 1.165) is 23.5 Å². The van der Waals surface area contributed by atoms with Gasteiger partial charge in [0.05, 0.1) is 13.2 Å². The number of hydrogen-bond donors (Lipinski definition) is 1. The SMILES string of the molecule is Cc1cc(C=C(C#N)C(=O)Nc2ccc(C(=O)N3CCOCC3)cc2)c(C)n1CC(C)C. The maximum absolute atomic E-state index is 12.7. The van der Waals surface area contributed by atoms with Crippen LogP contribution in [0.25, 0.3) is 6.08 Å². The van der Waals surface area contributed by atoms with Crippen LogP contribution in [0.3, 0.4) is 0 Å². The molecule has 168 valence electrons. The molecular weight excluding hydrogens is 404 g/mol. The van der Waals surface area contributed by atoms with Crippen LogP contribution in [0.1, 0.15) is 41.2 Å². The predicted molar refractivity (Wildman–Crippen MR) is 124 cm³/mol. The van der Waals surface area contributed by atoms with Crippen molar-refractivity contribution in [2.24, 2.45) is 5.92 Å². The minimum Gasteiger partial charge on any atom is -0.378 e. The van der Waals surface area contributed by atoms with Crippen LogP contribution in [0.2, 0.25) is 0 Å². The van der Waals surface area contributed by atoms with Crippen molar-refractivity contribution in [3.63, 3.8) is 0 Å². The fourth-order valence-corrected chi connectivity index (χ4v) is 3.77. The fraction of sp³-hybridized carbons (Fsp3) is 0.400. The van der Waals surface area contributed by atoms with Gasteiger partial charge in [-0.3, -0.25) is 9.59 Å². The second-order valence-corrected chi connectivity index (χ2v) is 8.44. The number of aromatic nitrogens is 1. The van der Waals surface area contributed by atoms with E-state index in [1.807, 2.05) is 26.0 Å². The molecule has 2 amide bonds. The molecule has 0 atom stereocenters. The smallest absolute Gasteiger partial charge is 0.266 e. The van der Waals surface area contributed by atoms with E-state index in [0.29, 0.717) is 43.5 Å². The number of morpholine rings is 1. The number of amides is 2. The topological polar surface area (TPSA) is 87.4 Å². The Hall–Kier alpha value is -3.37. The highest BCUT2D eigenvalue weighted by Gasteiger charge is 2.19. The molecule has 2 heterocycles. The van der Waals surface area contributed by atoms with Crippen LogP contribution in [0.5, 0.6) is 0 Å². The molecule has 1 saturated heterocycles. The summed E-state index contributed by atoms with van der Waals surface area (Å²) in [6.45, 7) is 11.5. The van der Waals surface area contributed by atoms with Crippen LogP contribution in [0.4, 0.5) is 5.69 Å². The second-order valence-electron chi connectivity index (χ2n) is 8.44. The van der Waals surface area contributed by atoms with Crippen molar-refractivity contribution in [1.29, 1.82) is 5.26 Å². The summed E-state index contributed by atoms with van der Waals surface area (Å²) in [6.07, 6.45) is 1.63. The molecule has 0 unspecified atom stereocenters. The molecular formula is C25H30N4O3. The van der Waals surface area contributed by atoms with E-state index in [9.17, 15) is 14.9 Å². The first-order chi connectivity index (χ1) is 15.3. The van der Waals surface area contributed by atoms with Crippen molar-refractivity contribution >= 4 is 23.6 Å². The van der Waals surface area contributed by atoms with E-state index in [1.165, 1.54) is 0 Å². The van der Waals surface area contributed by atoms with Crippen molar-refractivity contribution in [2.75, 3.05) is 31.6 Å². The minimum atomic E-state index is -0.478. The third kappa shape index (κ3) is 5.45. The number of nitriles is 1. The van der Waals surface area contributed by atoms with E-state index in [-0.39, 0.29) is 11.5 Å². The Bertz CT molecular complexity index is 1050. The molecule has 1 aliphatic heterocycles. The molecule has 1 aromatic heterocycles. The normalized spacial score (nSPS) is 14.4. The average Bonchev–Trinajstić information content (AvgIpc) is 3.05. The van der Waals surface area contributed by atoms with Crippen LogP contribution in [0.15, 0.2) is 35.9 Å². The molecule has 0 saturated carbocycles. The van der Waals surface area contributed by atoms with Crippen LogP contribution >= 0.6 is 0 Å². The van der Waals surface area contributed by atoms with Crippen molar-refractivity contribution in [3.8, 4) is 6.07 Å². The van der Waals surface area contributed by atoms with Gasteiger partial charge in [-0.05, 0) is 61.7 Å². The quantitative estimate of drug-likeness (QED) is 0.554. The number of aryl methyl sites for hydroxylation is 1. The Morgan fingerprint density at radius 2 is 1.84 bits per heavy atom. The average molecular weight is 435 g/mol. The summed E-state index contributed by atoms with van der Waals surface area (Å²) in [5.41, 5.74) is 4.10. The lowest BCUT2D eigenvalue weighted by Crippen LogP contribution is -2.40. The summed E-state index contributed by atoms with van der Waals surface area (Å²) in [5, 5.41) is 12.3. The number of nitrogens with zero attached hydrogens (tertiary/aromatic N) is 3. The van der Waals surface area contributed by atoms with Crippen LogP contribution in [0, 0.1) is 31.1 Å². The van der Waals surface area contributed by atoms with Gasteiger partial charge in [0, 0.05) is 42.3 Å². The molecule has 2 aromatic rings. The maximum atomic E-state index is 12.7. The zero-order valence-corrected chi connectivity index (χ0v) is 19.1. The Morgan fingerprint density at radius 3 is 2.44 bits per heavy atom. The lowest BCUT2D eigenvalue weighted by atomic mass is 10.1. The van der Waals surface area contributed by atoms with E-state index < -0.39 is 5.91 Å². The third-order valence-electron chi connectivity index (χ3n) is 5.51. The van der Waals surface area contributed by atoms with Crippen LogP contribution < -0.4 is 5.32 Å². The summed E-state index contributed by atoms with van der Waals surface area (Å²) < 4.78 is 7.48. The standard InChI is InChI=1S/C25H30N4O3/c1-17(2)16-29-18(3)13-21(19(29)4)14-22(15-26)24(30)27-23-7-5-20(6-8-23)25(31)28-9-11-32-12-10-28/h5-8,13-14,17H,9-12,16H2,1-4H3,(H,27,30). The van der Waals surface area contributed by atoms with Gasteiger partial charge in [0.25, 0.3) is 11.8 Å². The molecule has 0 bridgehead atoms. The Morgan fingerprint density at radius 1 is 1.19 bits per heavy atom. The number of nitrogens with one attached hydrogen (secondary N) is 1. The number of anilines is 1. The number of carbonyl (C=O) groups is 2. The predicted octanol–water partition coefficient (Wildman–Crippen LogP) is 3.78. The largest absolute Gasteiger partial charge is 0.378 e. The molecule has 0 radical (unpaired) electrons. The lowest BCUT2D eigenvalue weighted by Gasteiger charge is -2.26. The van der Waals surface area contributed by atoms with Gasteiger partial charge in [-0.25, -0.2) is 0 Å². The number of benzene rings is 1. The second kappa shape index (κ2) is 10.3. The van der Waals surface area contributed by atoms with Crippen molar-refractivity contribution in [1.82, 2.24) is 9.47 Å². The van der Waals surface area contributed by atoms with E-state index >= 15 is 0 Å². The van der Waals surface area contributed by atoms with Crippen molar-refractivity contribution in [2.45, 2.75) is 34.2 Å². The third-order valence-corrected chi connectivity index (χ3v) is 5.51. The van der Waals surface area contributed by atoms with Gasteiger partial charge >= 0.3 is 0 Å². The lowest BCUT2D eigenvalue weighted by molar-refractivity contribution is -0.112.